The topological polar surface area (TPSA) is 76.7 Å². The van der Waals surface area contributed by atoms with Gasteiger partial charge < -0.3 is 9.47 Å². The average Bonchev–Trinajstić information content (AvgIpc) is 3.46. The summed E-state index contributed by atoms with van der Waals surface area (Å²) in [4.78, 5) is 24.4. The summed E-state index contributed by atoms with van der Waals surface area (Å²) in [5.74, 6) is -0.509. The lowest BCUT2D eigenvalue weighted by atomic mass is 10.1. The number of nitrogens with one attached hydrogen (secondary N) is 2. The van der Waals surface area contributed by atoms with E-state index in [1.807, 2.05) is 0 Å². The third kappa shape index (κ3) is 3.20. The maximum Gasteiger partial charge on any atom is 0.269 e. The van der Waals surface area contributed by atoms with Crippen LogP contribution >= 0.6 is 0 Å². The molecule has 1 heterocycles. The van der Waals surface area contributed by atoms with Crippen molar-refractivity contribution in [3.05, 3.63) is 59.4 Å². The third-order valence-electron chi connectivity index (χ3n) is 4.54. The van der Waals surface area contributed by atoms with E-state index >= 15 is 0 Å². The number of carbonyl (C=O) groups excluding carboxylic acids is 2. The molecule has 6 nitrogen and oxygen atoms in total. The van der Waals surface area contributed by atoms with Crippen LogP contribution in [0.15, 0.2) is 42.5 Å². The van der Waals surface area contributed by atoms with Gasteiger partial charge >= 0.3 is 0 Å². The maximum atomic E-state index is 13.8. The first-order chi connectivity index (χ1) is 12.6. The Balaban J connectivity index is 1.34. The monoisotopic (exact) mass is 356 g/mol. The molecule has 0 aromatic heterocycles. The van der Waals surface area contributed by atoms with Crippen LogP contribution in [0.1, 0.15) is 28.3 Å². The number of ether oxygens (including phenoxy) is 2. The van der Waals surface area contributed by atoms with Gasteiger partial charge in [-0.15, -0.1) is 0 Å². The fourth-order valence-corrected chi connectivity index (χ4v) is 3.07. The molecule has 2 unspecified atom stereocenters. The molecule has 0 saturated heterocycles. The molecule has 0 bridgehead atoms. The van der Waals surface area contributed by atoms with E-state index in [-0.39, 0.29) is 23.6 Å². The van der Waals surface area contributed by atoms with Gasteiger partial charge in [-0.1, -0.05) is 18.2 Å². The SMILES string of the molecule is O=C(NNC(=O)C1CC1c1ccccc1F)c1ccc2c(c1)OCCO2. The summed E-state index contributed by atoms with van der Waals surface area (Å²) in [6, 6.07) is 11.2. The lowest BCUT2D eigenvalue weighted by molar-refractivity contribution is -0.123. The van der Waals surface area contributed by atoms with Gasteiger partial charge in [0.1, 0.15) is 19.0 Å². The Morgan fingerprint density at radius 2 is 1.77 bits per heavy atom. The van der Waals surface area contributed by atoms with Crippen molar-refractivity contribution in [3.8, 4) is 11.5 Å². The number of hydrogen-bond acceptors (Lipinski definition) is 4. The highest BCUT2D eigenvalue weighted by Gasteiger charge is 2.45. The van der Waals surface area contributed by atoms with E-state index in [9.17, 15) is 14.0 Å². The van der Waals surface area contributed by atoms with E-state index in [4.69, 9.17) is 9.47 Å². The number of carbonyl (C=O) groups is 2. The Labute approximate surface area is 149 Å². The fourth-order valence-electron chi connectivity index (χ4n) is 3.07. The highest BCUT2D eigenvalue weighted by Crippen LogP contribution is 2.48. The highest BCUT2D eigenvalue weighted by molar-refractivity contribution is 5.96. The van der Waals surface area contributed by atoms with E-state index in [0.717, 1.165) is 0 Å². The first-order valence-electron chi connectivity index (χ1n) is 8.38. The maximum absolute atomic E-state index is 13.8. The van der Waals surface area contributed by atoms with Gasteiger partial charge in [0.2, 0.25) is 5.91 Å². The van der Waals surface area contributed by atoms with Gasteiger partial charge in [0, 0.05) is 11.5 Å². The second kappa shape index (κ2) is 6.67. The van der Waals surface area contributed by atoms with Crippen molar-refractivity contribution < 1.29 is 23.5 Å². The van der Waals surface area contributed by atoms with Crippen LogP contribution < -0.4 is 20.3 Å². The fraction of sp³-hybridized carbons (Fsp3) is 0.263. The predicted octanol–water partition coefficient (Wildman–Crippen LogP) is 2.16. The van der Waals surface area contributed by atoms with Gasteiger partial charge in [-0.25, -0.2) is 4.39 Å². The number of rotatable bonds is 3. The molecular formula is C19H17FN2O4. The summed E-state index contributed by atoms with van der Waals surface area (Å²) in [5, 5.41) is 0. The number of halogens is 1. The predicted molar refractivity (Wildman–Crippen MR) is 90.3 cm³/mol. The van der Waals surface area contributed by atoms with Crippen molar-refractivity contribution in [2.24, 2.45) is 5.92 Å². The molecule has 0 spiro atoms. The van der Waals surface area contributed by atoms with Crippen molar-refractivity contribution in [3.63, 3.8) is 0 Å². The molecule has 1 fully saturated rings. The zero-order valence-electron chi connectivity index (χ0n) is 13.8. The minimum absolute atomic E-state index is 0.151. The number of hydrogen-bond donors (Lipinski definition) is 2. The van der Waals surface area contributed by atoms with E-state index in [1.165, 1.54) is 6.07 Å². The van der Waals surface area contributed by atoms with Crippen molar-refractivity contribution >= 4 is 11.8 Å². The van der Waals surface area contributed by atoms with Gasteiger partial charge in [0.15, 0.2) is 11.5 Å². The normalized spacial score (nSPS) is 20.2. The molecule has 26 heavy (non-hydrogen) atoms. The summed E-state index contributed by atoms with van der Waals surface area (Å²) >= 11 is 0. The standard InChI is InChI=1S/C19H17FN2O4/c20-15-4-2-1-3-12(15)13-10-14(13)19(24)22-21-18(23)11-5-6-16-17(9-11)26-8-7-25-16/h1-6,9,13-14H,7-8,10H2,(H,21,23)(H,22,24). The summed E-state index contributed by atoms with van der Waals surface area (Å²) in [7, 11) is 0. The molecule has 2 amide bonds. The lowest BCUT2D eigenvalue weighted by Gasteiger charge is -2.18. The second-order valence-electron chi connectivity index (χ2n) is 6.27. The van der Waals surface area contributed by atoms with Gasteiger partial charge in [-0.2, -0.15) is 0 Å². The molecule has 2 N–H and O–H groups in total. The van der Waals surface area contributed by atoms with Crippen LogP contribution in [0.3, 0.4) is 0 Å². The molecule has 0 radical (unpaired) electrons. The molecule has 1 saturated carbocycles. The summed E-state index contributed by atoms with van der Waals surface area (Å²) in [5.41, 5.74) is 5.67. The van der Waals surface area contributed by atoms with Crippen LogP contribution in [0.25, 0.3) is 0 Å². The van der Waals surface area contributed by atoms with Crippen LogP contribution in [0.4, 0.5) is 4.39 Å². The molecule has 1 aliphatic carbocycles. The summed E-state index contributed by atoms with van der Waals surface area (Å²) in [6.45, 7) is 0.896. The Kier molecular flexibility index (Phi) is 4.20. The zero-order chi connectivity index (χ0) is 18.1. The molecule has 2 aromatic carbocycles. The van der Waals surface area contributed by atoms with Crippen molar-refractivity contribution in [2.45, 2.75) is 12.3 Å². The lowest BCUT2D eigenvalue weighted by Crippen LogP contribution is -2.42. The van der Waals surface area contributed by atoms with Crippen LogP contribution in [-0.4, -0.2) is 25.0 Å². The van der Waals surface area contributed by atoms with Crippen molar-refractivity contribution in [1.29, 1.82) is 0 Å². The Bertz CT molecular complexity index is 870. The molecule has 7 heteroatoms. The number of benzene rings is 2. The van der Waals surface area contributed by atoms with E-state index in [1.54, 1.807) is 36.4 Å². The van der Waals surface area contributed by atoms with Crippen LogP contribution in [-0.2, 0) is 4.79 Å². The van der Waals surface area contributed by atoms with E-state index < -0.39 is 5.91 Å². The van der Waals surface area contributed by atoms with Gasteiger partial charge in [0.25, 0.3) is 5.91 Å². The highest BCUT2D eigenvalue weighted by atomic mass is 19.1. The zero-order valence-corrected chi connectivity index (χ0v) is 13.8. The molecule has 1 aliphatic heterocycles. The smallest absolute Gasteiger partial charge is 0.269 e. The van der Waals surface area contributed by atoms with Crippen LogP contribution in [0.2, 0.25) is 0 Å². The number of hydrazine groups is 1. The molecule has 4 rings (SSSR count). The first-order valence-corrected chi connectivity index (χ1v) is 8.38. The van der Waals surface area contributed by atoms with Crippen molar-refractivity contribution in [2.75, 3.05) is 13.2 Å². The molecule has 2 atom stereocenters. The van der Waals surface area contributed by atoms with Crippen LogP contribution in [0.5, 0.6) is 11.5 Å². The number of fused-ring (bicyclic) bond motifs is 1. The minimum Gasteiger partial charge on any atom is -0.486 e. The Hall–Kier alpha value is -3.09. The summed E-state index contributed by atoms with van der Waals surface area (Å²) in [6.07, 6.45) is 0.562. The molecule has 2 aromatic rings. The summed E-state index contributed by atoms with van der Waals surface area (Å²) < 4.78 is 24.6. The largest absolute Gasteiger partial charge is 0.486 e. The first kappa shape index (κ1) is 16.4. The van der Waals surface area contributed by atoms with Gasteiger partial charge in [0.05, 0.1) is 0 Å². The van der Waals surface area contributed by atoms with E-state index in [2.05, 4.69) is 10.9 Å². The van der Waals surface area contributed by atoms with Gasteiger partial charge in [-0.05, 0) is 42.2 Å². The second-order valence-corrected chi connectivity index (χ2v) is 6.27. The molecule has 2 aliphatic rings. The number of amides is 2. The molecular weight excluding hydrogens is 339 g/mol. The third-order valence-corrected chi connectivity index (χ3v) is 4.54. The van der Waals surface area contributed by atoms with E-state index in [0.29, 0.717) is 42.3 Å². The average molecular weight is 356 g/mol. The Morgan fingerprint density at radius 1 is 1.00 bits per heavy atom. The van der Waals surface area contributed by atoms with Crippen LogP contribution in [0, 0.1) is 11.7 Å². The van der Waals surface area contributed by atoms with Gasteiger partial charge in [-0.3, -0.25) is 20.4 Å². The Morgan fingerprint density at radius 3 is 2.58 bits per heavy atom. The minimum atomic E-state index is -0.460. The molecule has 134 valence electrons. The quantitative estimate of drug-likeness (QED) is 0.827. The van der Waals surface area contributed by atoms with Crippen molar-refractivity contribution in [1.82, 2.24) is 10.9 Å².